The van der Waals surface area contributed by atoms with E-state index in [1.54, 1.807) is 79.5 Å². The molecule has 0 aliphatic carbocycles. The highest BCUT2D eigenvalue weighted by Crippen LogP contribution is 2.44. The lowest BCUT2D eigenvalue weighted by atomic mass is 9.81. The van der Waals surface area contributed by atoms with Crippen molar-refractivity contribution in [3.05, 3.63) is 136 Å². The Hall–Kier alpha value is -5.07. The molecule has 0 saturated carbocycles. The van der Waals surface area contributed by atoms with Crippen molar-refractivity contribution in [3.63, 3.8) is 0 Å². The number of halogens is 1. The lowest BCUT2D eigenvalue weighted by Crippen LogP contribution is -2.54. The van der Waals surface area contributed by atoms with Gasteiger partial charge in [0, 0.05) is 53.7 Å². The number of nitrogens with zero attached hydrogens (tertiary/aromatic N) is 4. The van der Waals surface area contributed by atoms with Gasteiger partial charge in [-0.2, -0.15) is 11.8 Å². The van der Waals surface area contributed by atoms with Gasteiger partial charge in [-0.05, 0) is 70.8 Å². The van der Waals surface area contributed by atoms with Crippen molar-refractivity contribution in [2.24, 2.45) is 10.1 Å². The van der Waals surface area contributed by atoms with Crippen molar-refractivity contribution in [2.75, 3.05) is 32.6 Å². The molecular formula is C36H37FN6O5S. The van der Waals surface area contributed by atoms with Crippen LogP contribution in [0.1, 0.15) is 34.8 Å². The number of hydrazine groups is 1. The van der Waals surface area contributed by atoms with E-state index in [1.807, 2.05) is 24.3 Å². The molecule has 0 spiro atoms. The Morgan fingerprint density at radius 2 is 1.88 bits per heavy atom. The third-order valence-electron chi connectivity index (χ3n) is 7.79. The minimum absolute atomic E-state index is 0.0328. The number of azide groups is 1. The maximum Gasteiger partial charge on any atom is 0.266 e. The smallest absolute Gasteiger partial charge is 0.266 e. The maximum atomic E-state index is 14.5. The molecule has 0 unspecified atom stereocenters. The van der Waals surface area contributed by atoms with Gasteiger partial charge in [-0.25, -0.2) is 14.8 Å². The molecule has 0 saturated heterocycles. The van der Waals surface area contributed by atoms with Gasteiger partial charge in [0.15, 0.2) is 11.6 Å². The van der Waals surface area contributed by atoms with Crippen LogP contribution in [-0.4, -0.2) is 55.1 Å². The fraction of sp³-hybridized carbons (Fsp3) is 0.278. The first-order valence-corrected chi connectivity index (χ1v) is 16.8. The molecule has 0 bridgehead atoms. The molecule has 1 aliphatic rings. The van der Waals surface area contributed by atoms with Crippen LogP contribution in [0.2, 0.25) is 0 Å². The van der Waals surface area contributed by atoms with Crippen molar-refractivity contribution in [2.45, 2.75) is 30.2 Å². The second-order valence-corrected chi connectivity index (χ2v) is 12.2. The van der Waals surface area contributed by atoms with Crippen molar-refractivity contribution in [1.29, 1.82) is 0 Å². The Morgan fingerprint density at radius 3 is 2.63 bits per heavy atom. The van der Waals surface area contributed by atoms with Gasteiger partial charge in [-0.1, -0.05) is 53.6 Å². The maximum absolute atomic E-state index is 14.5. The average Bonchev–Trinajstić information content (AvgIpc) is 3.52. The molecule has 2 atom stereocenters. The number of nitrogens with one attached hydrogen (secondary N) is 2. The van der Waals surface area contributed by atoms with Crippen LogP contribution in [-0.2, 0) is 21.7 Å². The van der Waals surface area contributed by atoms with Crippen molar-refractivity contribution in [3.8, 4) is 11.5 Å². The van der Waals surface area contributed by atoms with E-state index in [-0.39, 0.29) is 24.7 Å². The van der Waals surface area contributed by atoms with Gasteiger partial charge >= 0.3 is 0 Å². The summed E-state index contributed by atoms with van der Waals surface area (Å²) in [5.74, 6) is 2.10. The van der Waals surface area contributed by atoms with Crippen LogP contribution in [0.3, 0.4) is 0 Å². The Morgan fingerprint density at radius 1 is 1.08 bits per heavy atom. The van der Waals surface area contributed by atoms with Crippen LogP contribution in [0.5, 0.6) is 11.5 Å². The van der Waals surface area contributed by atoms with Crippen LogP contribution in [0.15, 0.2) is 107 Å². The summed E-state index contributed by atoms with van der Waals surface area (Å²) in [7, 11) is 1.56. The Kier molecular flexibility index (Phi) is 12.5. The normalized spacial score (nSPS) is 16.6. The van der Waals surface area contributed by atoms with Crippen LogP contribution in [0.25, 0.3) is 10.4 Å². The molecule has 13 heteroatoms. The Bertz CT molecular complexity index is 1790. The van der Waals surface area contributed by atoms with E-state index in [2.05, 4.69) is 20.9 Å². The van der Waals surface area contributed by atoms with E-state index in [0.717, 1.165) is 5.56 Å². The highest BCUT2D eigenvalue weighted by molar-refractivity contribution is 7.98. The number of rotatable bonds is 17. The van der Waals surface area contributed by atoms with E-state index in [4.69, 9.17) is 24.3 Å². The fourth-order valence-electron chi connectivity index (χ4n) is 5.33. The average molecular weight is 685 g/mol. The molecule has 1 heterocycles. The summed E-state index contributed by atoms with van der Waals surface area (Å²) < 4.78 is 31.0. The van der Waals surface area contributed by atoms with Gasteiger partial charge in [-0.15, -0.1) is 0 Å². The largest absolute Gasteiger partial charge is 0.497 e. The number of thioether (sulfide) groups is 1. The zero-order valence-electron chi connectivity index (χ0n) is 26.9. The molecule has 1 aliphatic heterocycles. The van der Waals surface area contributed by atoms with Crippen LogP contribution in [0, 0.1) is 5.82 Å². The van der Waals surface area contributed by atoms with E-state index in [0.29, 0.717) is 65.0 Å². The number of amides is 1. The summed E-state index contributed by atoms with van der Waals surface area (Å²) >= 11 is 1.64. The lowest BCUT2D eigenvalue weighted by molar-refractivity contribution is -0.130. The summed E-state index contributed by atoms with van der Waals surface area (Å²) in [6.45, 7) is 0.851. The standard InChI is InChI=1S/C36H37FN6O5S/c1-46-31-8-4-7-27(22-31)33-36(23-28-6-2-3-9-32(28)41-43-38,35(45)42-39-18-21-49-24-25-10-14-29(37)15-11-25)40-34(48-33)26-12-16-30(17-13-26)47-20-5-19-44/h2-4,6-17,22,33,39,44H,5,18-21,23-24H2,1H3,(H,42,45)/t33-,36-/m0/s1. The number of benzene rings is 4. The van der Waals surface area contributed by atoms with E-state index < -0.39 is 17.6 Å². The monoisotopic (exact) mass is 684 g/mol. The Balaban J connectivity index is 1.45. The van der Waals surface area contributed by atoms with Gasteiger partial charge in [0.25, 0.3) is 5.91 Å². The molecule has 5 rings (SSSR count). The summed E-state index contributed by atoms with van der Waals surface area (Å²) in [6.07, 6.45) is -0.342. The second-order valence-electron chi connectivity index (χ2n) is 11.1. The summed E-state index contributed by atoms with van der Waals surface area (Å²) in [5, 5.41) is 13.0. The van der Waals surface area contributed by atoms with Crippen molar-refractivity contribution >= 4 is 29.3 Å². The van der Waals surface area contributed by atoms with Crippen LogP contribution < -0.4 is 20.3 Å². The summed E-state index contributed by atoms with van der Waals surface area (Å²) in [4.78, 5) is 22.5. The number of aliphatic hydroxyl groups excluding tert-OH is 1. The lowest BCUT2D eigenvalue weighted by Gasteiger charge is -2.31. The first-order chi connectivity index (χ1) is 24.0. The minimum atomic E-state index is -1.55. The number of carbonyl (C=O) groups is 1. The highest BCUT2D eigenvalue weighted by Gasteiger charge is 2.53. The van der Waals surface area contributed by atoms with Gasteiger partial charge in [0.2, 0.25) is 5.90 Å². The quantitative estimate of drug-likeness (QED) is 0.0373. The first kappa shape index (κ1) is 35.2. The van der Waals surface area contributed by atoms with Gasteiger partial charge in [-0.3, -0.25) is 10.2 Å². The molecule has 1 amide bonds. The number of methoxy groups -OCH3 is 1. The van der Waals surface area contributed by atoms with Gasteiger partial charge in [0.1, 0.15) is 17.3 Å². The molecule has 49 heavy (non-hydrogen) atoms. The predicted octanol–water partition coefficient (Wildman–Crippen LogP) is 6.59. The predicted molar refractivity (Wildman–Crippen MR) is 187 cm³/mol. The van der Waals surface area contributed by atoms with Crippen LogP contribution >= 0.6 is 11.8 Å². The number of hydrogen-bond acceptors (Lipinski definition) is 9. The molecule has 0 fully saturated rings. The highest BCUT2D eigenvalue weighted by atomic mass is 32.2. The molecule has 0 aromatic heterocycles. The summed E-state index contributed by atoms with van der Waals surface area (Å²) in [6, 6.07) is 27.9. The van der Waals surface area contributed by atoms with Crippen molar-refractivity contribution < 1.29 is 28.5 Å². The zero-order valence-corrected chi connectivity index (χ0v) is 27.7. The number of aliphatic hydroxyl groups is 1. The number of carbonyl (C=O) groups excluding carboxylic acids is 1. The molecule has 0 radical (unpaired) electrons. The second kappa shape index (κ2) is 17.4. The van der Waals surface area contributed by atoms with E-state index >= 15 is 0 Å². The zero-order chi connectivity index (χ0) is 34.5. The number of aliphatic imine (C=N–C) groups is 1. The number of ether oxygens (including phenoxy) is 3. The van der Waals surface area contributed by atoms with Gasteiger partial charge in [0.05, 0.1) is 13.7 Å². The van der Waals surface area contributed by atoms with Crippen LogP contribution in [0.4, 0.5) is 10.1 Å². The first-order valence-electron chi connectivity index (χ1n) is 15.7. The van der Waals surface area contributed by atoms with E-state index in [9.17, 15) is 14.7 Å². The molecular weight excluding hydrogens is 647 g/mol. The van der Waals surface area contributed by atoms with Crippen molar-refractivity contribution in [1.82, 2.24) is 10.9 Å². The third kappa shape index (κ3) is 9.09. The molecule has 11 nitrogen and oxygen atoms in total. The molecule has 254 valence electrons. The van der Waals surface area contributed by atoms with E-state index in [1.165, 1.54) is 12.1 Å². The third-order valence-corrected chi connectivity index (χ3v) is 8.82. The minimum Gasteiger partial charge on any atom is -0.497 e. The summed E-state index contributed by atoms with van der Waals surface area (Å²) in [5.41, 5.74) is 16.9. The Labute approximate surface area is 288 Å². The van der Waals surface area contributed by atoms with Gasteiger partial charge < -0.3 is 19.3 Å². The fourth-order valence-corrected chi connectivity index (χ4v) is 6.15. The molecule has 4 aromatic carbocycles. The topological polar surface area (TPSA) is 150 Å². The molecule has 3 N–H and O–H groups in total. The SMILES string of the molecule is COc1cccc([C@@H]2OC(c3ccc(OCCCO)cc3)=N[C@]2(Cc2ccccc2N=[N+]=[N-])C(=O)NNCCSCc2ccc(F)cc2)c1. The molecule has 4 aromatic rings. The number of hydrogen-bond donors (Lipinski definition) is 3.